The van der Waals surface area contributed by atoms with E-state index in [0.717, 1.165) is 19.3 Å². The van der Waals surface area contributed by atoms with Gasteiger partial charge in [-0.05, 0) is 19.3 Å². The molecule has 1 aliphatic rings. The van der Waals surface area contributed by atoms with Crippen molar-refractivity contribution in [2.75, 3.05) is 20.3 Å². The average molecular weight is 160 g/mol. The van der Waals surface area contributed by atoms with Gasteiger partial charge in [-0.15, -0.1) is 0 Å². The normalized spacial score (nSPS) is 31.1. The molecule has 2 atom stereocenters. The molecule has 3 heteroatoms. The van der Waals surface area contributed by atoms with Crippen molar-refractivity contribution in [1.82, 2.24) is 0 Å². The van der Waals surface area contributed by atoms with Crippen molar-refractivity contribution >= 4 is 0 Å². The molecule has 3 nitrogen and oxygen atoms in total. The predicted octanol–water partition coefficient (Wildman–Crippen LogP) is 0.563. The summed E-state index contributed by atoms with van der Waals surface area (Å²) in [6, 6.07) is 0. The highest BCUT2D eigenvalue weighted by atomic mass is 16.5. The second kappa shape index (κ2) is 4.70. The number of ether oxygens (including phenoxy) is 2. The van der Waals surface area contributed by atoms with E-state index in [-0.39, 0.29) is 12.2 Å². The smallest absolute Gasteiger partial charge is 0.0704 e. The lowest BCUT2D eigenvalue weighted by atomic mass is 10.3. The minimum absolute atomic E-state index is 0.137. The zero-order valence-electron chi connectivity index (χ0n) is 6.95. The number of aliphatic hydroxyl groups excluding tert-OH is 1. The van der Waals surface area contributed by atoms with Gasteiger partial charge in [0.05, 0.1) is 25.4 Å². The Morgan fingerprint density at radius 1 is 1.36 bits per heavy atom. The fourth-order valence-corrected chi connectivity index (χ4v) is 1.37. The molecular formula is C8H16O3. The Hall–Kier alpha value is -0.120. The summed E-state index contributed by atoms with van der Waals surface area (Å²) in [6.07, 6.45) is 2.80. The molecule has 0 radical (unpaired) electrons. The molecule has 0 bridgehead atoms. The molecule has 0 amide bonds. The van der Waals surface area contributed by atoms with Crippen LogP contribution in [0, 0.1) is 0 Å². The third-order valence-electron chi connectivity index (χ3n) is 2.00. The van der Waals surface area contributed by atoms with Crippen molar-refractivity contribution in [3.63, 3.8) is 0 Å². The van der Waals surface area contributed by atoms with Gasteiger partial charge in [0, 0.05) is 7.11 Å². The van der Waals surface area contributed by atoms with E-state index in [1.807, 2.05) is 0 Å². The van der Waals surface area contributed by atoms with Crippen molar-refractivity contribution in [2.45, 2.75) is 31.5 Å². The lowest BCUT2D eigenvalue weighted by Crippen LogP contribution is -2.13. The molecule has 1 N–H and O–H groups in total. The molecule has 1 aliphatic carbocycles. The number of aliphatic hydroxyl groups is 1. The second-order valence-electron chi connectivity index (χ2n) is 2.95. The molecule has 0 aliphatic heterocycles. The first-order chi connectivity index (χ1) is 5.33. The van der Waals surface area contributed by atoms with Crippen molar-refractivity contribution in [1.29, 1.82) is 0 Å². The van der Waals surface area contributed by atoms with Crippen molar-refractivity contribution in [3.05, 3.63) is 0 Å². The summed E-state index contributed by atoms with van der Waals surface area (Å²) in [5.74, 6) is 0. The largest absolute Gasteiger partial charge is 0.393 e. The van der Waals surface area contributed by atoms with Gasteiger partial charge in [0.1, 0.15) is 0 Å². The van der Waals surface area contributed by atoms with E-state index in [1.165, 1.54) is 0 Å². The van der Waals surface area contributed by atoms with Crippen LogP contribution in [0.3, 0.4) is 0 Å². The highest BCUT2D eigenvalue weighted by molar-refractivity contribution is 4.74. The van der Waals surface area contributed by atoms with Gasteiger partial charge in [0.2, 0.25) is 0 Å². The average Bonchev–Trinajstić information content (AvgIpc) is 2.37. The quantitative estimate of drug-likeness (QED) is 0.611. The summed E-state index contributed by atoms with van der Waals surface area (Å²) >= 11 is 0. The monoisotopic (exact) mass is 160 g/mol. The van der Waals surface area contributed by atoms with Gasteiger partial charge >= 0.3 is 0 Å². The topological polar surface area (TPSA) is 38.7 Å². The molecule has 0 aromatic rings. The molecule has 0 aromatic carbocycles. The van der Waals surface area contributed by atoms with Gasteiger partial charge in [0.15, 0.2) is 0 Å². The Morgan fingerprint density at radius 3 is 2.73 bits per heavy atom. The molecule has 1 saturated carbocycles. The van der Waals surface area contributed by atoms with Crippen LogP contribution in [0.25, 0.3) is 0 Å². The number of methoxy groups -OCH3 is 1. The summed E-state index contributed by atoms with van der Waals surface area (Å²) in [4.78, 5) is 0. The Kier molecular flexibility index (Phi) is 3.83. The maximum absolute atomic E-state index is 9.14. The van der Waals surface area contributed by atoms with E-state index in [4.69, 9.17) is 14.6 Å². The fourth-order valence-electron chi connectivity index (χ4n) is 1.37. The highest BCUT2D eigenvalue weighted by Gasteiger charge is 2.22. The minimum Gasteiger partial charge on any atom is -0.393 e. The Bertz CT molecular complexity index is 106. The molecule has 11 heavy (non-hydrogen) atoms. The second-order valence-corrected chi connectivity index (χ2v) is 2.95. The predicted molar refractivity (Wildman–Crippen MR) is 41.5 cm³/mol. The minimum atomic E-state index is -0.137. The van der Waals surface area contributed by atoms with Gasteiger partial charge in [-0.3, -0.25) is 0 Å². The third kappa shape index (κ3) is 3.18. The van der Waals surface area contributed by atoms with Gasteiger partial charge < -0.3 is 14.6 Å². The third-order valence-corrected chi connectivity index (χ3v) is 2.00. The van der Waals surface area contributed by atoms with Gasteiger partial charge in [-0.25, -0.2) is 0 Å². The standard InChI is InChI=1S/C8H16O3/c1-10-4-5-11-8-3-2-7(9)6-8/h7-9H,2-6H2,1H3. The van der Waals surface area contributed by atoms with Crippen LogP contribution in [0.15, 0.2) is 0 Å². The van der Waals surface area contributed by atoms with Gasteiger partial charge in [-0.1, -0.05) is 0 Å². The van der Waals surface area contributed by atoms with Crippen LogP contribution in [0.4, 0.5) is 0 Å². The first-order valence-electron chi connectivity index (χ1n) is 4.11. The lowest BCUT2D eigenvalue weighted by Gasteiger charge is -2.09. The molecule has 1 rings (SSSR count). The van der Waals surface area contributed by atoms with Crippen LogP contribution in [-0.4, -0.2) is 37.6 Å². The Morgan fingerprint density at radius 2 is 2.18 bits per heavy atom. The number of rotatable bonds is 4. The maximum Gasteiger partial charge on any atom is 0.0704 e. The van der Waals surface area contributed by atoms with Crippen molar-refractivity contribution in [3.8, 4) is 0 Å². The zero-order chi connectivity index (χ0) is 8.10. The van der Waals surface area contributed by atoms with Crippen molar-refractivity contribution < 1.29 is 14.6 Å². The maximum atomic E-state index is 9.14. The van der Waals surface area contributed by atoms with Crippen LogP contribution in [0.2, 0.25) is 0 Å². The summed E-state index contributed by atoms with van der Waals surface area (Å²) < 4.78 is 10.3. The molecule has 0 spiro atoms. The molecular weight excluding hydrogens is 144 g/mol. The van der Waals surface area contributed by atoms with Gasteiger partial charge in [-0.2, -0.15) is 0 Å². The van der Waals surface area contributed by atoms with Crippen LogP contribution >= 0.6 is 0 Å². The molecule has 1 fully saturated rings. The fraction of sp³-hybridized carbons (Fsp3) is 1.00. The van der Waals surface area contributed by atoms with Crippen LogP contribution in [0.1, 0.15) is 19.3 Å². The summed E-state index contributed by atoms with van der Waals surface area (Å²) in [6.45, 7) is 1.29. The molecule has 2 unspecified atom stereocenters. The van der Waals surface area contributed by atoms with E-state index < -0.39 is 0 Å². The first kappa shape index (κ1) is 8.97. The Labute approximate surface area is 67.3 Å². The van der Waals surface area contributed by atoms with Crippen LogP contribution < -0.4 is 0 Å². The van der Waals surface area contributed by atoms with Crippen LogP contribution in [0.5, 0.6) is 0 Å². The highest BCUT2D eigenvalue weighted by Crippen LogP contribution is 2.21. The van der Waals surface area contributed by atoms with E-state index in [2.05, 4.69) is 0 Å². The molecule has 0 heterocycles. The molecule has 0 aromatic heterocycles. The first-order valence-corrected chi connectivity index (χ1v) is 4.11. The van der Waals surface area contributed by atoms with E-state index in [1.54, 1.807) is 7.11 Å². The SMILES string of the molecule is COCCOC1CCC(O)C1. The Balaban J connectivity index is 1.99. The molecule has 0 saturated heterocycles. The summed E-state index contributed by atoms with van der Waals surface area (Å²) in [5, 5.41) is 9.14. The lowest BCUT2D eigenvalue weighted by molar-refractivity contribution is 0.0147. The summed E-state index contributed by atoms with van der Waals surface area (Å²) in [7, 11) is 1.66. The van der Waals surface area contributed by atoms with E-state index >= 15 is 0 Å². The number of hydrogen-bond donors (Lipinski definition) is 1. The summed E-state index contributed by atoms with van der Waals surface area (Å²) in [5.41, 5.74) is 0. The van der Waals surface area contributed by atoms with Crippen LogP contribution in [-0.2, 0) is 9.47 Å². The van der Waals surface area contributed by atoms with E-state index in [9.17, 15) is 0 Å². The van der Waals surface area contributed by atoms with Gasteiger partial charge in [0.25, 0.3) is 0 Å². The number of hydrogen-bond acceptors (Lipinski definition) is 3. The van der Waals surface area contributed by atoms with Crippen molar-refractivity contribution in [2.24, 2.45) is 0 Å². The zero-order valence-corrected chi connectivity index (χ0v) is 6.95. The molecule has 66 valence electrons. The van der Waals surface area contributed by atoms with E-state index in [0.29, 0.717) is 13.2 Å².